The van der Waals surface area contributed by atoms with Crippen LogP contribution in [0.1, 0.15) is 34.6 Å². The van der Waals surface area contributed by atoms with Gasteiger partial charge in [0.05, 0.1) is 7.11 Å². The summed E-state index contributed by atoms with van der Waals surface area (Å²) in [7, 11) is 1.16. The molecule has 0 aliphatic heterocycles. The highest BCUT2D eigenvalue weighted by atomic mass is 32.2. The Kier molecular flexibility index (Phi) is 10.7. The Labute approximate surface area is 170 Å². The van der Waals surface area contributed by atoms with Crippen molar-refractivity contribution in [1.29, 1.82) is 0 Å². The standard InChI is InChI=1S/C18H31N3O6S/c1-10(2)13(21-17(25)27-18(4,5)6)15(23)20-12(9-28-8)14(22)19-11(3)16(24)26-7/h10,12-13H,3,9H2,1-2,4-8H3,(H,19,22)(H,20,23)(H,21,25)/t12-,13-/m0/s1. The molecule has 0 unspecified atom stereocenters. The van der Waals surface area contributed by atoms with E-state index in [1.807, 2.05) is 0 Å². The summed E-state index contributed by atoms with van der Waals surface area (Å²) in [6.45, 7) is 12.1. The molecule has 0 aromatic rings. The van der Waals surface area contributed by atoms with Crippen LogP contribution >= 0.6 is 11.8 Å². The highest BCUT2D eigenvalue weighted by Gasteiger charge is 2.30. The van der Waals surface area contributed by atoms with E-state index in [4.69, 9.17) is 4.74 Å². The zero-order valence-electron chi connectivity index (χ0n) is 17.5. The van der Waals surface area contributed by atoms with Crippen molar-refractivity contribution in [3.63, 3.8) is 0 Å². The van der Waals surface area contributed by atoms with Gasteiger partial charge < -0.3 is 25.4 Å². The molecule has 9 nitrogen and oxygen atoms in total. The molecule has 2 atom stereocenters. The Morgan fingerprint density at radius 3 is 2.07 bits per heavy atom. The van der Waals surface area contributed by atoms with Gasteiger partial charge in [-0.1, -0.05) is 20.4 Å². The summed E-state index contributed by atoms with van der Waals surface area (Å²) in [5.41, 5.74) is -0.947. The number of amides is 3. The number of esters is 1. The van der Waals surface area contributed by atoms with Gasteiger partial charge in [0.2, 0.25) is 11.8 Å². The minimum absolute atomic E-state index is 0.236. The van der Waals surface area contributed by atoms with E-state index >= 15 is 0 Å². The summed E-state index contributed by atoms with van der Waals surface area (Å²) in [4.78, 5) is 48.5. The van der Waals surface area contributed by atoms with E-state index in [2.05, 4.69) is 27.3 Å². The van der Waals surface area contributed by atoms with Crippen molar-refractivity contribution in [3.05, 3.63) is 12.3 Å². The van der Waals surface area contributed by atoms with Crippen LogP contribution in [0.2, 0.25) is 0 Å². The molecule has 3 N–H and O–H groups in total. The Bertz CT molecular complexity index is 601. The second-order valence-corrected chi connectivity index (χ2v) is 8.25. The molecule has 10 heteroatoms. The maximum absolute atomic E-state index is 12.7. The first-order chi connectivity index (χ1) is 12.8. The third-order valence-electron chi connectivity index (χ3n) is 3.29. The van der Waals surface area contributed by atoms with Gasteiger partial charge in [0.25, 0.3) is 0 Å². The number of carbonyl (C=O) groups excluding carboxylic acids is 4. The predicted molar refractivity (Wildman–Crippen MR) is 108 cm³/mol. The normalized spacial score (nSPS) is 13.1. The molecule has 0 radical (unpaired) electrons. The largest absolute Gasteiger partial charge is 0.464 e. The number of nitrogens with one attached hydrogen (secondary N) is 3. The van der Waals surface area contributed by atoms with Crippen LogP contribution in [-0.2, 0) is 23.9 Å². The lowest BCUT2D eigenvalue weighted by molar-refractivity contribution is -0.138. The van der Waals surface area contributed by atoms with Crippen molar-refractivity contribution < 1.29 is 28.7 Å². The van der Waals surface area contributed by atoms with Gasteiger partial charge in [-0.15, -0.1) is 0 Å². The topological polar surface area (TPSA) is 123 Å². The Hall–Kier alpha value is -2.23. The number of methoxy groups -OCH3 is 1. The molecule has 0 bridgehead atoms. The number of alkyl carbamates (subject to hydrolysis) is 1. The fraction of sp³-hybridized carbons (Fsp3) is 0.667. The fourth-order valence-electron chi connectivity index (χ4n) is 1.99. The van der Waals surface area contributed by atoms with E-state index in [0.29, 0.717) is 0 Å². The molecule has 0 spiro atoms. The van der Waals surface area contributed by atoms with Crippen LogP contribution in [-0.4, -0.2) is 60.7 Å². The zero-order valence-corrected chi connectivity index (χ0v) is 18.3. The molecule has 0 aromatic carbocycles. The van der Waals surface area contributed by atoms with Crippen molar-refractivity contribution in [2.75, 3.05) is 19.1 Å². The highest BCUT2D eigenvalue weighted by Crippen LogP contribution is 2.09. The van der Waals surface area contributed by atoms with Gasteiger partial charge in [0.1, 0.15) is 23.4 Å². The lowest BCUT2D eigenvalue weighted by Crippen LogP contribution is -2.56. The van der Waals surface area contributed by atoms with E-state index in [1.165, 1.54) is 11.8 Å². The molecule has 0 saturated carbocycles. The number of carbonyl (C=O) groups is 4. The minimum Gasteiger partial charge on any atom is -0.464 e. The van der Waals surface area contributed by atoms with E-state index in [0.717, 1.165) is 7.11 Å². The SMILES string of the molecule is C=C(NC(=O)[C@H](CSC)NC(=O)[C@@H](NC(=O)OC(C)(C)C)C(C)C)C(=O)OC. The van der Waals surface area contributed by atoms with Crippen LogP contribution in [0.3, 0.4) is 0 Å². The second-order valence-electron chi connectivity index (χ2n) is 7.34. The van der Waals surface area contributed by atoms with Crippen molar-refractivity contribution in [2.24, 2.45) is 5.92 Å². The zero-order chi connectivity index (χ0) is 22.1. The van der Waals surface area contributed by atoms with Crippen LogP contribution in [0.5, 0.6) is 0 Å². The number of thioether (sulfide) groups is 1. The molecular formula is C18H31N3O6S. The first-order valence-electron chi connectivity index (χ1n) is 8.69. The van der Waals surface area contributed by atoms with Gasteiger partial charge in [-0.2, -0.15) is 11.8 Å². The highest BCUT2D eigenvalue weighted by molar-refractivity contribution is 7.98. The maximum Gasteiger partial charge on any atom is 0.408 e. The van der Waals surface area contributed by atoms with Crippen LogP contribution < -0.4 is 16.0 Å². The number of ether oxygens (including phenoxy) is 2. The average Bonchev–Trinajstić information content (AvgIpc) is 2.56. The van der Waals surface area contributed by atoms with Crippen molar-refractivity contribution in [1.82, 2.24) is 16.0 Å². The number of hydrogen-bond acceptors (Lipinski definition) is 7. The number of rotatable bonds is 9. The minimum atomic E-state index is -0.939. The first-order valence-corrected chi connectivity index (χ1v) is 10.1. The van der Waals surface area contributed by atoms with Gasteiger partial charge in [-0.05, 0) is 32.9 Å². The van der Waals surface area contributed by atoms with Gasteiger partial charge in [-0.25, -0.2) is 9.59 Å². The van der Waals surface area contributed by atoms with Crippen LogP contribution in [0.4, 0.5) is 4.79 Å². The van der Waals surface area contributed by atoms with Crippen LogP contribution in [0.15, 0.2) is 12.3 Å². The molecule has 28 heavy (non-hydrogen) atoms. The molecule has 0 rings (SSSR count). The average molecular weight is 418 g/mol. The third-order valence-corrected chi connectivity index (χ3v) is 3.96. The Balaban J connectivity index is 5.15. The molecule has 0 aliphatic rings. The van der Waals surface area contributed by atoms with Gasteiger partial charge >= 0.3 is 12.1 Å². The Morgan fingerprint density at radius 2 is 1.64 bits per heavy atom. The molecule has 0 aromatic heterocycles. The number of hydrogen-bond donors (Lipinski definition) is 3. The van der Waals surface area contributed by atoms with E-state index in [-0.39, 0.29) is 17.4 Å². The van der Waals surface area contributed by atoms with Crippen molar-refractivity contribution in [2.45, 2.75) is 52.3 Å². The predicted octanol–water partition coefficient (Wildman–Crippen LogP) is 1.19. The van der Waals surface area contributed by atoms with E-state index in [1.54, 1.807) is 40.9 Å². The van der Waals surface area contributed by atoms with Gasteiger partial charge in [-0.3, -0.25) is 9.59 Å². The van der Waals surface area contributed by atoms with E-state index < -0.39 is 41.6 Å². The van der Waals surface area contributed by atoms with Gasteiger partial charge in [0, 0.05) is 5.75 Å². The summed E-state index contributed by atoms with van der Waals surface area (Å²) >= 11 is 1.33. The maximum atomic E-state index is 12.7. The Morgan fingerprint density at radius 1 is 1.07 bits per heavy atom. The summed E-state index contributed by atoms with van der Waals surface area (Å²) in [5.74, 6) is -1.94. The summed E-state index contributed by atoms with van der Waals surface area (Å²) in [5, 5.41) is 7.43. The summed E-state index contributed by atoms with van der Waals surface area (Å²) in [6, 6.07) is -1.85. The lowest BCUT2D eigenvalue weighted by Gasteiger charge is -2.27. The molecule has 0 aliphatic carbocycles. The van der Waals surface area contributed by atoms with Crippen molar-refractivity contribution >= 4 is 35.6 Å². The van der Waals surface area contributed by atoms with Crippen LogP contribution in [0, 0.1) is 5.92 Å². The van der Waals surface area contributed by atoms with E-state index in [9.17, 15) is 19.2 Å². The monoisotopic (exact) mass is 417 g/mol. The summed E-state index contributed by atoms with van der Waals surface area (Å²) in [6.07, 6.45) is 1.03. The van der Waals surface area contributed by atoms with Crippen molar-refractivity contribution in [3.8, 4) is 0 Å². The molecule has 0 heterocycles. The third kappa shape index (κ3) is 9.63. The first kappa shape index (κ1) is 25.8. The molecule has 160 valence electrons. The van der Waals surface area contributed by atoms with Crippen LogP contribution in [0.25, 0.3) is 0 Å². The smallest absolute Gasteiger partial charge is 0.408 e. The molecular weight excluding hydrogens is 386 g/mol. The summed E-state index contributed by atoms with van der Waals surface area (Å²) < 4.78 is 9.66. The molecule has 0 saturated heterocycles. The lowest BCUT2D eigenvalue weighted by atomic mass is 10.0. The second kappa shape index (κ2) is 11.6. The quantitative estimate of drug-likeness (QED) is 0.380. The molecule has 0 fully saturated rings. The fourth-order valence-corrected chi connectivity index (χ4v) is 2.56. The molecule has 3 amide bonds. The van der Waals surface area contributed by atoms with Gasteiger partial charge in [0.15, 0.2) is 0 Å².